The van der Waals surface area contributed by atoms with Crippen LogP contribution in [0.1, 0.15) is 12.5 Å². The first kappa shape index (κ1) is 14.9. The summed E-state index contributed by atoms with van der Waals surface area (Å²) in [7, 11) is 0. The molecule has 0 aliphatic heterocycles. The molecule has 2 rings (SSSR count). The number of nitrogens with two attached hydrogens (primary N) is 1. The molecule has 1 atom stereocenters. The van der Waals surface area contributed by atoms with Crippen LogP contribution in [0.4, 0.5) is 10.6 Å². The number of amides is 2. The van der Waals surface area contributed by atoms with E-state index in [4.69, 9.17) is 10.5 Å². The SMILES string of the molecule is Cc1c(OC[C@@H](C)O)nn(-c2ccccc2)c1NC(N)=O. The van der Waals surface area contributed by atoms with Gasteiger partial charge in [-0.05, 0) is 26.0 Å². The van der Waals surface area contributed by atoms with Gasteiger partial charge >= 0.3 is 6.03 Å². The summed E-state index contributed by atoms with van der Waals surface area (Å²) in [4.78, 5) is 11.2. The second kappa shape index (κ2) is 6.27. The number of nitrogens with zero attached hydrogens (tertiary/aromatic N) is 2. The number of aromatic nitrogens is 2. The third-order valence-electron chi connectivity index (χ3n) is 2.78. The first-order chi connectivity index (χ1) is 9.99. The van der Waals surface area contributed by atoms with Crippen molar-refractivity contribution in [2.45, 2.75) is 20.0 Å². The Morgan fingerprint density at radius 3 is 2.71 bits per heavy atom. The molecule has 7 heteroatoms. The second-order valence-electron chi connectivity index (χ2n) is 4.68. The van der Waals surface area contributed by atoms with E-state index in [9.17, 15) is 9.90 Å². The van der Waals surface area contributed by atoms with Gasteiger partial charge in [-0.15, -0.1) is 5.10 Å². The molecule has 0 aliphatic rings. The minimum absolute atomic E-state index is 0.114. The van der Waals surface area contributed by atoms with Gasteiger partial charge < -0.3 is 15.6 Å². The molecule has 0 radical (unpaired) electrons. The van der Waals surface area contributed by atoms with E-state index in [1.54, 1.807) is 13.8 Å². The van der Waals surface area contributed by atoms with Gasteiger partial charge in [0.15, 0.2) is 0 Å². The highest BCUT2D eigenvalue weighted by molar-refractivity contribution is 5.88. The lowest BCUT2D eigenvalue weighted by atomic mass is 10.3. The second-order valence-corrected chi connectivity index (χ2v) is 4.68. The number of aliphatic hydroxyl groups is 1. The minimum Gasteiger partial charge on any atom is -0.474 e. The van der Waals surface area contributed by atoms with Crippen molar-refractivity contribution in [1.82, 2.24) is 9.78 Å². The van der Waals surface area contributed by atoms with Crippen molar-refractivity contribution in [2.75, 3.05) is 11.9 Å². The Balaban J connectivity index is 2.42. The number of anilines is 1. The summed E-state index contributed by atoms with van der Waals surface area (Å²) in [6.45, 7) is 3.49. The molecule has 0 spiro atoms. The number of urea groups is 1. The van der Waals surface area contributed by atoms with Crippen molar-refractivity contribution in [1.29, 1.82) is 0 Å². The number of ether oxygens (including phenoxy) is 1. The number of para-hydroxylation sites is 1. The summed E-state index contributed by atoms with van der Waals surface area (Å²) in [5.74, 6) is 0.776. The van der Waals surface area contributed by atoms with Gasteiger partial charge in [0.2, 0.25) is 5.88 Å². The third-order valence-corrected chi connectivity index (χ3v) is 2.78. The van der Waals surface area contributed by atoms with Crippen LogP contribution < -0.4 is 15.8 Å². The van der Waals surface area contributed by atoms with E-state index in [2.05, 4.69) is 10.4 Å². The molecule has 0 bridgehead atoms. The molecule has 4 N–H and O–H groups in total. The quantitative estimate of drug-likeness (QED) is 0.775. The molecular formula is C14H18N4O3. The number of hydrogen-bond donors (Lipinski definition) is 3. The highest BCUT2D eigenvalue weighted by Gasteiger charge is 2.18. The number of aliphatic hydroxyl groups excluding tert-OH is 1. The Bertz CT molecular complexity index is 623. The van der Waals surface area contributed by atoms with Gasteiger partial charge in [-0.3, -0.25) is 5.32 Å². The lowest BCUT2D eigenvalue weighted by molar-refractivity contribution is 0.119. The molecule has 0 unspecified atom stereocenters. The molecular weight excluding hydrogens is 272 g/mol. The van der Waals surface area contributed by atoms with Crippen LogP contribution in [-0.4, -0.2) is 33.6 Å². The Morgan fingerprint density at radius 2 is 2.14 bits per heavy atom. The van der Waals surface area contributed by atoms with Crippen LogP contribution in [0.15, 0.2) is 30.3 Å². The van der Waals surface area contributed by atoms with Crippen LogP contribution in [-0.2, 0) is 0 Å². The van der Waals surface area contributed by atoms with Gasteiger partial charge in [0.1, 0.15) is 12.4 Å². The molecule has 112 valence electrons. The van der Waals surface area contributed by atoms with E-state index in [1.165, 1.54) is 4.68 Å². The van der Waals surface area contributed by atoms with E-state index in [0.29, 0.717) is 17.3 Å². The Kier molecular flexibility index (Phi) is 4.44. The molecule has 0 saturated heterocycles. The van der Waals surface area contributed by atoms with Crippen molar-refractivity contribution in [3.63, 3.8) is 0 Å². The molecule has 0 saturated carbocycles. The Hall–Kier alpha value is -2.54. The predicted octanol–water partition coefficient (Wildman–Crippen LogP) is 1.43. The number of hydrogen-bond acceptors (Lipinski definition) is 4. The standard InChI is InChI=1S/C14H18N4O3/c1-9(19)8-21-13-10(2)12(16-14(15)20)18(17-13)11-6-4-3-5-7-11/h3-7,9,19H,8H2,1-2H3,(H3,15,16,20)/t9-/m1/s1. The highest BCUT2D eigenvalue weighted by atomic mass is 16.5. The smallest absolute Gasteiger partial charge is 0.317 e. The van der Waals surface area contributed by atoms with Crippen LogP contribution in [0.3, 0.4) is 0 Å². The summed E-state index contributed by atoms with van der Waals surface area (Å²) in [5.41, 5.74) is 6.60. The maximum atomic E-state index is 11.2. The largest absolute Gasteiger partial charge is 0.474 e. The Labute approximate surface area is 122 Å². The fraction of sp³-hybridized carbons (Fsp3) is 0.286. The first-order valence-corrected chi connectivity index (χ1v) is 6.51. The minimum atomic E-state index is -0.683. The molecule has 21 heavy (non-hydrogen) atoms. The summed E-state index contributed by atoms with van der Waals surface area (Å²) in [5, 5.41) is 16.2. The van der Waals surface area contributed by atoms with Crippen LogP contribution in [0.5, 0.6) is 5.88 Å². The van der Waals surface area contributed by atoms with Crippen LogP contribution in [0.2, 0.25) is 0 Å². The zero-order valence-corrected chi connectivity index (χ0v) is 11.9. The zero-order valence-electron chi connectivity index (χ0n) is 11.9. The molecule has 1 heterocycles. The number of carbonyl (C=O) groups excluding carboxylic acids is 1. The molecule has 1 aromatic carbocycles. The van der Waals surface area contributed by atoms with Gasteiger partial charge in [0.05, 0.1) is 17.4 Å². The number of primary amides is 1. The maximum Gasteiger partial charge on any atom is 0.317 e. The average Bonchev–Trinajstić information content (AvgIpc) is 2.74. The molecule has 7 nitrogen and oxygen atoms in total. The van der Waals surface area contributed by atoms with E-state index >= 15 is 0 Å². The van der Waals surface area contributed by atoms with Crippen LogP contribution in [0, 0.1) is 6.92 Å². The van der Waals surface area contributed by atoms with Gasteiger partial charge in [-0.1, -0.05) is 18.2 Å². The average molecular weight is 290 g/mol. The third kappa shape index (κ3) is 3.51. The van der Waals surface area contributed by atoms with Crippen molar-refractivity contribution in [3.8, 4) is 11.6 Å². The van der Waals surface area contributed by atoms with Crippen LogP contribution in [0.25, 0.3) is 5.69 Å². The predicted molar refractivity (Wildman–Crippen MR) is 78.7 cm³/mol. The maximum absolute atomic E-state index is 11.2. The lowest BCUT2D eigenvalue weighted by Gasteiger charge is -2.07. The topological polar surface area (TPSA) is 102 Å². The van der Waals surface area contributed by atoms with Crippen LogP contribution >= 0.6 is 0 Å². The summed E-state index contributed by atoms with van der Waals surface area (Å²) in [6, 6.07) is 8.60. The highest BCUT2D eigenvalue weighted by Crippen LogP contribution is 2.28. The van der Waals surface area contributed by atoms with E-state index in [1.807, 2.05) is 30.3 Å². The molecule has 0 fully saturated rings. The number of nitrogens with one attached hydrogen (secondary N) is 1. The van der Waals surface area contributed by atoms with E-state index < -0.39 is 12.1 Å². The van der Waals surface area contributed by atoms with Crippen molar-refractivity contribution in [3.05, 3.63) is 35.9 Å². The number of carbonyl (C=O) groups is 1. The fourth-order valence-electron chi connectivity index (χ4n) is 1.83. The molecule has 2 aromatic rings. The molecule has 2 amide bonds. The summed E-state index contributed by atoms with van der Waals surface area (Å²) >= 11 is 0. The summed E-state index contributed by atoms with van der Waals surface area (Å²) < 4.78 is 6.99. The number of benzene rings is 1. The van der Waals surface area contributed by atoms with Crippen molar-refractivity contribution < 1.29 is 14.6 Å². The Morgan fingerprint density at radius 1 is 1.48 bits per heavy atom. The monoisotopic (exact) mass is 290 g/mol. The fourth-order valence-corrected chi connectivity index (χ4v) is 1.83. The lowest BCUT2D eigenvalue weighted by Crippen LogP contribution is -2.21. The normalized spacial score (nSPS) is 12.0. The van der Waals surface area contributed by atoms with Crippen molar-refractivity contribution in [2.24, 2.45) is 5.73 Å². The van der Waals surface area contributed by atoms with Gasteiger partial charge in [0, 0.05) is 0 Å². The zero-order chi connectivity index (χ0) is 15.4. The molecule has 0 aliphatic carbocycles. The van der Waals surface area contributed by atoms with E-state index in [0.717, 1.165) is 5.69 Å². The van der Waals surface area contributed by atoms with Gasteiger partial charge in [-0.2, -0.15) is 0 Å². The number of rotatable bonds is 5. The summed E-state index contributed by atoms with van der Waals surface area (Å²) in [6.07, 6.45) is -0.612. The van der Waals surface area contributed by atoms with Crippen molar-refractivity contribution >= 4 is 11.8 Å². The first-order valence-electron chi connectivity index (χ1n) is 6.51. The van der Waals surface area contributed by atoms with Gasteiger partial charge in [0.25, 0.3) is 0 Å². The van der Waals surface area contributed by atoms with E-state index in [-0.39, 0.29) is 6.61 Å². The molecule has 1 aromatic heterocycles. The van der Waals surface area contributed by atoms with Gasteiger partial charge in [-0.25, -0.2) is 9.48 Å².